The van der Waals surface area contributed by atoms with Crippen LogP contribution in [-0.2, 0) is 4.79 Å². The van der Waals surface area contributed by atoms with E-state index in [1.807, 2.05) is 6.07 Å². The van der Waals surface area contributed by atoms with Crippen LogP contribution < -0.4 is 10.6 Å². The molecule has 122 valence electrons. The fourth-order valence-electron chi connectivity index (χ4n) is 3.64. The van der Waals surface area contributed by atoms with Crippen molar-refractivity contribution in [3.63, 3.8) is 0 Å². The van der Waals surface area contributed by atoms with Crippen LogP contribution in [0.25, 0.3) is 11.0 Å². The second-order valence-corrected chi connectivity index (χ2v) is 6.03. The largest absolute Gasteiger partial charge is 0.353 e. The first-order valence-electron chi connectivity index (χ1n) is 7.40. The minimum Gasteiger partial charge on any atom is -0.353 e. The zero-order chi connectivity index (χ0) is 16.2. The monoisotopic (exact) mass is 322 g/mol. The first-order chi connectivity index (χ1) is 11.0. The Labute approximate surface area is 130 Å². The average Bonchev–Trinajstić information content (AvgIpc) is 3.19. The lowest BCUT2D eigenvalue weighted by atomic mass is 9.79. The Hall–Kier alpha value is -2.29. The molecule has 2 saturated heterocycles. The lowest BCUT2D eigenvalue weighted by Gasteiger charge is -2.56. The number of nitrogens with two attached hydrogens (primary N) is 1. The fourth-order valence-corrected chi connectivity index (χ4v) is 3.64. The van der Waals surface area contributed by atoms with E-state index in [1.54, 1.807) is 11.1 Å². The Bertz CT molecular complexity index is 777. The topological polar surface area (TPSA) is 91.1 Å². The zero-order valence-corrected chi connectivity index (χ0v) is 12.3. The third kappa shape index (κ3) is 1.79. The number of halogens is 2. The van der Waals surface area contributed by atoms with Gasteiger partial charge >= 0.3 is 0 Å². The number of alkyl halides is 2. The number of rotatable bonds is 2. The van der Waals surface area contributed by atoms with Crippen molar-refractivity contribution >= 4 is 22.8 Å². The van der Waals surface area contributed by atoms with Crippen molar-refractivity contribution in [3.8, 4) is 0 Å². The lowest BCUT2D eigenvalue weighted by Crippen LogP contribution is -2.78. The summed E-state index contributed by atoms with van der Waals surface area (Å²) in [5, 5.41) is 0.781. The van der Waals surface area contributed by atoms with Crippen molar-refractivity contribution in [2.75, 3.05) is 31.1 Å². The van der Waals surface area contributed by atoms with Gasteiger partial charge in [-0.2, -0.15) is 0 Å². The highest BCUT2D eigenvalue weighted by Crippen LogP contribution is 2.50. The van der Waals surface area contributed by atoms with Gasteiger partial charge in [0.15, 0.2) is 0 Å². The summed E-state index contributed by atoms with van der Waals surface area (Å²) in [4.78, 5) is 26.2. The summed E-state index contributed by atoms with van der Waals surface area (Å²) in [6, 6.07) is 1.82. The third-order valence-corrected chi connectivity index (χ3v) is 4.91. The molecule has 0 aliphatic carbocycles. The van der Waals surface area contributed by atoms with Crippen LogP contribution in [0.3, 0.4) is 0 Å². The summed E-state index contributed by atoms with van der Waals surface area (Å²) in [5.41, 5.74) is 4.54. The van der Waals surface area contributed by atoms with E-state index in [4.69, 9.17) is 5.73 Å². The van der Waals surface area contributed by atoms with E-state index in [0.29, 0.717) is 18.0 Å². The van der Waals surface area contributed by atoms with E-state index in [9.17, 15) is 13.6 Å². The summed E-state index contributed by atoms with van der Waals surface area (Å²) in [7, 11) is 0. The maximum Gasteiger partial charge on any atom is 0.289 e. The van der Waals surface area contributed by atoms with Crippen molar-refractivity contribution in [1.29, 1.82) is 0 Å². The number of amides is 1. The maximum atomic E-state index is 14.3. The van der Waals surface area contributed by atoms with Gasteiger partial charge in [0.2, 0.25) is 5.91 Å². The number of H-pyrrole nitrogens is 1. The van der Waals surface area contributed by atoms with Gasteiger partial charge in [0.1, 0.15) is 23.3 Å². The molecule has 2 aromatic rings. The van der Waals surface area contributed by atoms with E-state index in [0.717, 1.165) is 5.39 Å². The third-order valence-electron chi connectivity index (χ3n) is 4.91. The number of nitrogens with one attached hydrogen (secondary N) is 1. The molecule has 23 heavy (non-hydrogen) atoms. The molecular weight excluding hydrogens is 306 g/mol. The Kier molecular flexibility index (Phi) is 2.87. The number of likely N-dealkylation sites (tertiary alicyclic amines) is 1. The highest BCUT2D eigenvalue weighted by Gasteiger charge is 2.70. The summed E-state index contributed by atoms with van der Waals surface area (Å²) in [5.74, 6) is -2.74. The second-order valence-electron chi connectivity index (χ2n) is 6.03. The first-order valence-corrected chi connectivity index (χ1v) is 7.40. The summed E-state index contributed by atoms with van der Waals surface area (Å²) >= 11 is 0. The molecule has 2 aromatic heterocycles. The molecule has 4 heterocycles. The molecule has 1 amide bonds. The number of fused-ring (bicyclic) bond motifs is 1. The predicted molar refractivity (Wildman–Crippen MR) is 79.2 cm³/mol. The zero-order valence-electron chi connectivity index (χ0n) is 12.3. The van der Waals surface area contributed by atoms with Gasteiger partial charge in [-0.25, -0.2) is 18.7 Å². The predicted octanol–water partition coefficient (Wildman–Crippen LogP) is 0.343. The molecular formula is C14H16F2N6O. The smallest absolute Gasteiger partial charge is 0.289 e. The molecule has 2 fully saturated rings. The van der Waals surface area contributed by atoms with Gasteiger partial charge in [-0.05, 0) is 12.5 Å². The number of aromatic nitrogens is 3. The van der Waals surface area contributed by atoms with Crippen LogP contribution in [0.5, 0.6) is 0 Å². The van der Waals surface area contributed by atoms with E-state index in [2.05, 4.69) is 15.0 Å². The quantitative estimate of drug-likeness (QED) is 0.832. The van der Waals surface area contributed by atoms with Crippen LogP contribution in [0.15, 0.2) is 18.6 Å². The van der Waals surface area contributed by atoms with Crippen molar-refractivity contribution in [2.24, 2.45) is 5.73 Å². The number of hydrogen-bond acceptors (Lipinski definition) is 5. The van der Waals surface area contributed by atoms with Gasteiger partial charge in [0.05, 0.1) is 18.5 Å². The molecule has 1 spiro atoms. The van der Waals surface area contributed by atoms with Crippen molar-refractivity contribution < 1.29 is 13.6 Å². The summed E-state index contributed by atoms with van der Waals surface area (Å²) < 4.78 is 28.6. The van der Waals surface area contributed by atoms with Gasteiger partial charge in [0.25, 0.3) is 5.92 Å². The molecule has 0 bridgehead atoms. The minimum atomic E-state index is -2.91. The van der Waals surface area contributed by atoms with Crippen molar-refractivity contribution in [2.45, 2.75) is 17.9 Å². The van der Waals surface area contributed by atoms with Crippen LogP contribution in [0.2, 0.25) is 0 Å². The van der Waals surface area contributed by atoms with Crippen molar-refractivity contribution in [3.05, 3.63) is 18.6 Å². The second kappa shape index (κ2) is 4.60. The Morgan fingerprint density at radius 1 is 1.39 bits per heavy atom. The van der Waals surface area contributed by atoms with Gasteiger partial charge in [-0.3, -0.25) is 4.79 Å². The molecule has 0 aromatic carbocycles. The lowest BCUT2D eigenvalue weighted by molar-refractivity contribution is -0.233. The maximum absolute atomic E-state index is 14.3. The number of anilines is 1. The van der Waals surface area contributed by atoms with Crippen LogP contribution >= 0.6 is 0 Å². The van der Waals surface area contributed by atoms with E-state index in [1.165, 1.54) is 11.2 Å². The molecule has 2 aliphatic heterocycles. The highest BCUT2D eigenvalue weighted by molar-refractivity contribution is 5.88. The highest BCUT2D eigenvalue weighted by atomic mass is 19.3. The standard InChI is InChI=1S/C14H16F2N6O/c15-14(16)7-22(10(23)5-17)13(14)2-4-21(6-13)12-9-1-3-18-11(9)19-8-20-12/h1,3,8H,2,4-7,17H2,(H,18,19,20)/t13-/m0/s1. The average molecular weight is 322 g/mol. The van der Waals surface area contributed by atoms with E-state index >= 15 is 0 Å². The molecule has 1 atom stereocenters. The molecule has 0 unspecified atom stereocenters. The molecule has 9 heteroatoms. The number of hydrogen-bond donors (Lipinski definition) is 2. The SMILES string of the molecule is NCC(=O)N1CC(F)(F)[C@@]12CCN(c1ncnc3[nH]ccc13)C2. The molecule has 2 aliphatic rings. The van der Waals surface area contributed by atoms with E-state index < -0.39 is 23.9 Å². The number of aromatic amines is 1. The first kappa shape index (κ1) is 14.3. The summed E-state index contributed by atoms with van der Waals surface area (Å²) in [6.07, 6.45) is 3.33. The Balaban J connectivity index is 1.68. The van der Waals surface area contributed by atoms with Gasteiger partial charge < -0.3 is 20.5 Å². The van der Waals surface area contributed by atoms with Crippen LogP contribution in [0.1, 0.15) is 6.42 Å². The summed E-state index contributed by atoms with van der Waals surface area (Å²) in [6.45, 7) is -0.363. The normalized spacial score (nSPS) is 26.0. The number of nitrogens with zero attached hydrogens (tertiary/aromatic N) is 4. The van der Waals surface area contributed by atoms with Crippen LogP contribution in [0.4, 0.5) is 14.6 Å². The van der Waals surface area contributed by atoms with Crippen LogP contribution in [0, 0.1) is 0 Å². The Morgan fingerprint density at radius 3 is 2.96 bits per heavy atom. The van der Waals surface area contributed by atoms with E-state index in [-0.39, 0.29) is 19.5 Å². The molecule has 0 radical (unpaired) electrons. The molecule has 4 rings (SSSR count). The van der Waals surface area contributed by atoms with Gasteiger partial charge in [-0.15, -0.1) is 0 Å². The molecule has 7 nitrogen and oxygen atoms in total. The Morgan fingerprint density at radius 2 is 2.22 bits per heavy atom. The van der Waals surface area contributed by atoms with Crippen molar-refractivity contribution in [1.82, 2.24) is 19.9 Å². The molecule has 3 N–H and O–H groups in total. The van der Waals surface area contributed by atoms with Gasteiger partial charge in [-0.1, -0.05) is 0 Å². The van der Waals surface area contributed by atoms with Gasteiger partial charge in [0, 0.05) is 19.3 Å². The number of carbonyl (C=O) groups excluding carboxylic acids is 1. The molecule has 0 saturated carbocycles. The van der Waals surface area contributed by atoms with Crippen LogP contribution in [-0.4, -0.2) is 63.4 Å². The number of carbonyl (C=O) groups is 1. The fraction of sp³-hybridized carbons (Fsp3) is 0.500. The minimum absolute atomic E-state index is 0.0447.